The van der Waals surface area contributed by atoms with Crippen molar-refractivity contribution in [3.05, 3.63) is 46.2 Å². The molecule has 0 unspecified atom stereocenters. The van der Waals surface area contributed by atoms with E-state index in [9.17, 15) is 0 Å². The quantitative estimate of drug-likeness (QED) is 0.777. The third kappa shape index (κ3) is 2.72. The Morgan fingerprint density at radius 1 is 1.17 bits per heavy atom. The Labute approximate surface area is 141 Å². The molecule has 0 atom stereocenters. The van der Waals surface area contributed by atoms with E-state index < -0.39 is 5.79 Å². The lowest BCUT2D eigenvalue weighted by Gasteiger charge is -2.34. The first-order valence-electron chi connectivity index (χ1n) is 7.17. The van der Waals surface area contributed by atoms with E-state index in [1.807, 2.05) is 6.07 Å². The maximum atomic E-state index is 6.21. The Bertz CT molecular complexity index is 826. The molecule has 0 radical (unpaired) electrons. The standard InChI is InChI=1S/C15H13Cl2N3O3/c16-10-4-9-5-12(23-14(9)11(17)6-10)15(21-2-1-3-22-15)7-13-18-8-19-20-13/h4-6,8H,1-3,7H2,(H,18,19,20). The molecule has 6 nitrogen and oxygen atoms in total. The lowest BCUT2D eigenvalue weighted by molar-refractivity contribution is -0.284. The van der Waals surface area contributed by atoms with Crippen molar-refractivity contribution in [2.45, 2.75) is 18.6 Å². The number of fused-ring (bicyclic) bond motifs is 1. The second-order valence-corrected chi connectivity index (χ2v) is 6.17. The molecule has 2 aromatic heterocycles. The van der Waals surface area contributed by atoms with Gasteiger partial charge >= 0.3 is 0 Å². The third-order valence-electron chi connectivity index (χ3n) is 3.74. The lowest BCUT2D eigenvalue weighted by Crippen LogP contribution is -2.40. The van der Waals surface area contributed by atoms with Gasteiger partial charge in [-0.25, -0.2) is 4.98 Å². The molecule has 4 rings (SSSR count). The van der Waals surface area contributed by atoms with Gasteiger partial charge in [0.1, 0.15) is 12.2 Å². The van der Waals surface area contributed by atoms with Crippen molar-refractivity contribution in [1.29, 1.82) is 0 Å². The Morgan fingerprint density at radius 3 is 2.74 bits per heavy atom. The number of furan rings is 1. The van der Waals surface area contributed by atoms with Crippen LogP contribution >= 0.6 is 23.2 Å². The van der Waals surface area contributed by atoms with Crippen LogP contribution in [0, 0.1) is 0 Å². The van der Waals surface area contributed by atoms with E-state index in [2.05, 4.69) is 15.2 Å². The summed E-state index contributed by atoms with van der Waals surface area (Å²) in [6.07, 6.45) is 2.63. The van der Waals surface area contributed by atoms with Gasteiger partial charge in [0.15, 0.2) is 11.3 Å². The number of halogens is 2. The Kier molecular flexibility index (Phi) is 3.77. The minimum absolute atomic E-state index is 0.359. The molecule has 120 valence electrons. The molecule has 0 aliphatic carbocycles. The van der Waals surface area contributed by atoms with Gasteiger partial charge in [-0.3, -0.25) is 5.10 Å². The highest BCUT2D eigenvalue weighted by Gasteiger charge is 2.41. The van der Waals surface area contributed by atoms with Gasteiger partial charge in [-0.15, -0.1) is 0 Å². The van der Waals surface area contributed by atoms with Crippen LogP contribution in [0.5, 0.6) is 0 Å². The van der Waals surface area contributed by atoms with Crippen molar-refractivity contribution in [3.63, 3.8) is 0 Å². The third-order valence-corrected chi connectivity index (χ3v) is 4.23. The number of nitrogens with one attached hydrogen (secondary N) is 1. The molecule has 8 heteroatoms. The van der Waals surface area contributed by atoms with Gasteiger partial charge in [-0.05, 0) is 24.6 Å². The predicted octanol–water partition coefficient (Wildman–Crippen LogP) is 3.69. The van der Waals surface area contributed by atoms with Crippen LogP contribution in [-0.2, 0) is 21.7 Å². The van der Waals surface area contributed by atoms with Crippen LogP contribution in [0.3, 0.4) is 0 Å². The molecule has 23 heavy (non-hydrogen) atoms. The highest BCUT2D eigenvalue weighted by molar-refractivity contribution is 6.38. The molecule has 1 aromatic carbocycles. The minimum Gasteiger partial charge on any atom is -0.454 e. The number of ether oxygens (including phenoxy) is 2. The minimum atomic E-state index is -1.05. The van der Waals surface area contributed by atoms with E-state index in [1.54, 1.807) is 12.1 Å². The monoisotopic (exact) mass is 353 g/mol. The fourth-order valence-corrected chi connectivity index (χ4v) is 3.25. The summed E-state index contributed by atoms with van der Waals surface area (Å²) in [5.74, 6) is 0.135. The summed E-state index contributed by atoms with van der Waals surface area (Å²) in [6, 6.07) is 5.28. The van der Waals surface area contributed by atoms with Crippen LogP contribution in [0.4, 0.5) is 0 Å². The van der Waals surface area contributed by atoms with Gasteiger partial charge in [0.2, 0.25) is 5.79 Å². The van der Waals surface area contributed by atoms with Gasteiger partial charge < -0.3 is 13.9 Å². The number of H-pyrrole nitrogens is 1. The highest BCUT2D eigenvalue weighted by atomic mass is 35.5. The van der Waals surface area contributed by atoms with E-state index in [0.29, 0.717) is 46.8 Å². The molecule has 3 heterocycles. The van der Waals surface area contributed by atoms with E-state index in [4.69, 9.17) is 37.1 Å². The average molecular weight is 354 g/mol. The zero-order chi connectivity index (χ0) is 15.9. The van der Waals surface area contributed by atoms with Crippen molar-refractivity contribution in [2.75, 3.05) is 13.2 Å². The Hall–Kier alpha value is -1.60. The van der Waals surface area contributed by atoms with Crippen LogP contribution in [0.1, 0.15) is 18.0 Å². The second kappa shape index (κ2) is 5.79. The molecule has 0 bridgehead atoms. The summed E-state index contributed by atoms with van der Waals surface area (Å²) >= 11 is 12.3. The van der Waals surface area contributed by atoms with Crippen LogP contribution in [0.2, 0.25) is 10.0 Å². The second-order valence-electron chi connectivity index (χ2n) is 5.33. The number of benzene rings is 1. The molecule has 0 spiro atoms. The van der Waals surface area contributed by atoms with Crippen molar-refractivity contribution in [3.8, 4) is 0 Å². The molecule has 1 saturated heterocycles. The number of rotatable bonds is 3. The van der Waals surface area contributed by atoms with Crippen LogP contribution in [0.15, 0.2) is 28.9 Å². The van der Waals surface area contributed by atoms with E-state index in [-0.39, 0.29) is 0 Å². The molecule has 3 aromatic rings. The topological polar surface area (TPSA) is 73.2 Å². The summed E-state index contributed by atoms with van der Waals surface area (Å²) < 4.78 is 17.8. The zero-order valence-corrected chi connectivity index (χ0v) is 13.5. The molecule has 1 aliphatic rings. The van der Waals surface area contributed by atoms with Crippen LogP contribution in [-0.4, -0.2) is 28.4 Å². The SMILES string of the molecule is Clc1cc(Cl)c2oc(C3(Cc4ncn[nH]4)OCCCO3)cc2c1. The fourth-order valence-electron chi connectivity index (χ4n) is 2.71. The summed E-state index contributed by atoms with van der Waals surface area (Å²) in [4.78, 5) is 4.15. The van der Waals surface area contributed by atoms with Gasteiger partial charge in [-0.1, -0.05) is 23.2 Å². The highest BCUT2D eigenvalue weighted by Crippen LogP contribution is 2.39. The lowest BCUT2D eigenvalue weighted by atomic mass is 10.1. The number of hydrogen-bond donors (Lipinski definition) is 1. The Balaban J connectivity index is 1.81. The molecular weight excluding hydrogens is 341 g/mol. The van der Waals surface area contributed by atoms with Crippen LogP contribution in [0.25, 0.3) is 11.0 Å². The van der Waals surface area contributed by atoms with E-state index in [1.165, 1.54) is 6.33 Å². The average Bonchev–Trinajstić information content (AvgIpc) is 3.17. The fraction of sp³-hybridized carbons (Fsp3) is 0.333. The number of aromatic nitrogens is 3. The van der Waals surface area contributed by atoms with Gasteiger partial charge in [0.25, 0.3) is 0 Å². The smallest absolute Gasteiger partial charge is 0.235 e. The Morgan fingerprint density at radius 2 is 2.00 bits per heavy atom. The van der Waals surface area contributed by atoms with Crippen molar-refractivity contribution in [2.24, 2.45) is 0 Å². The van der Waals surface area contributed by atoms with Crippen molar-refractivity contribution >= 4 is 34.2 Å². The molecule has 0 saturated carbocycles. The molecule has 1 fully saturated rings. The first-order chi connectivity index (χ1) is 11.2. The first-order valence-corrected chi connectivity index (χ1v) is 7.93. The zero-order valence-electron chi connectivity index (χ0n) is 12.0. The van der Waals surface area contributed by atoms with Crippen LogP contribution < -0.4 is 0 Å². The van der Waals surface area contributed by atoms with Crippen molar-refractivity contribution < 1.29 is 13.9 Å². The molecule has 1 aliphatic heterocycles. The molecular formula is C15H13Cl2N3O3. The maximum Gasteiger partial charge on any atom is 0.235 e. The largest absolute Gasteiger partial charge is 0.454 e. The number of hydrogen-bond acceptors (Lipinski definition) is 5. The summed E-state index contributed by atoms with van der Waals surface area (Å²) in [5.41, 5.74) is 0.556. The summed E-state index contributed by atoms with van der Waals surface area (Å²) in [5, 5.41) is 8.48. The van der Waals surface area contributed by atoms with Crippen molar-refractivity contribution in [1.82, 2.24) is 15.2 Å². The van der Waals surface area contributed by atoms with Gasteiger partial charge in [0.05, 0.1) is 24.7 Å². The van der Waals surface area contributed by atoms with Gasteiger partial charge in [-0.2, -0.15) is 5.10 Å². The first kappa shape index (κ1) is 15.0. The predicted molar refractivity (Wildman–Crippen MR) is 84.5 cm³/mol. The van der Waals surface area contributed by atoms with E-state index in [0.717, 1.165) is 11.8 Å². The maximum absolute atomic E-state index is 6.21. The summed E-state index contributed by atoms with van der Waals surface area (Å²) in [6.45, 7) is 1.14. The number of aromatic amines is 1. The number of nitrogens with zero attached hydrogens (tertiary/aromatic N) is 2. The summed E-state index contributed by atoms with van der Waals surface area (Å²) in [7, 11) is 0. The van der Waals surface area contributed by atoms with Gasteiger partial charge in [0, 0.05) is 10.4 Å². The molecule has 0 amide bonds. The molecule has 1 N–H and O–H groups in total. The van der Waals surface area contributed by atoms with E-state index >= 15 is 0 Å². The normalized spacial score (nSPS) is 17.7.